The Labute approximate surface area is 150 Å². The standard InChI is InChI=1S/C17H19ClN6O/c1-12(10-25)21-15-8-16(24-6-5-19-11-24)23-17(22-15)20-9-13-3-2-4-14(18)7-13/h2-8,11-12,25H,9-10H2,1H3,(H2,20,21,22,23)/t12-/m1/s1. The van der Waals surface area contributed by atoms with Crippen molar-refractivity contribution in [1.82, 2.24) is 19.5 Å². The molecule has 0 fully saturated rings. The molecule has 130 valence electrons. The number of hydrogen-bond donors (Lipinski definition) is 3. The van der Waals surface area contributed by atoms with Crippen LogP contribution in [0.15, 0.2) is 49.1 Å². The lowest BCUT2D eigenvalue weighted by atomic mass is 10.2. The molecule has 2 heterocycles. The Bertz CT molecular complexity index is 824. The quantitative estimate of drug-likeness (QED) is 0.602. The Morgan fingerprint density at radius 2 is 2.16 bits per heavy atom. The van der Waals surface area contributed by atoms with Crippen molar-refractivity contribution in [3.05, 3.63) is 59.6 Å². The second-order valence-corrected chi connectivity index (χ2v) is 6.05. The van der Waals surface area contributed by atoms with Crippen LogP contribution >= 0.6 is 11.6 Å². The number of nitrogens with one attached hydrogen (secondary N) is 2. The van der Waals surface area contributed by atoms with Crippen LogP contribution in [0.3, 0.4) is 0 Å². The van der Waals surface area contributed by atoms with E-state index in [-0.39, 0.29) is 12.6 Å². The van der Waals surface area contributed by atoms with Crippen LogP contribution in [-0.4, -0.2) is 37.3 Å². The molecule has 0 bridgehead atoms. The summed E-state index contributed by atoms with van der Waals surface area (Å²) in [7, 11) is 0. The van der Waals surface area contributed by atoms with Gasteiger partial charge in [0.15, 0.2) is 0 Å². The smallest absolute Gasteiger partial charge is 0.226 e. The van der Waals surface area contributed by atoms with E-state index in [4.69, 9.17) is 11.6 Å². The summed E-state index contributed by atoms with van der Waals surface area (Å²) in [6, 6.07) is 9.29. The molecule has 0 aliphatic carbocycles. The van der Waals surface area contributed by atoms with Gasteiger partial charge in [-0.1, -0.05) is 23.7 Å². The van der Waals surface area contributed by atoms with Gasteiger partial charge < -0.3 is 15.7 Å². The van der Waals surface area contributed by atoms with Crippen molar-refractivity contribution in [2.45, 2.75) is 19.5 Å². The lowest BCUT2D eigenvalue weighted by molar-refractivity contribution is 0.281. The molecule has 0 spiro atoms. The number of nitrogens with zero attached hydrogens (tertiary/aromatic N) is 4. The van der Waals surface area contributed by atoms with E-state index in [0.717, 1.165) is 5.56 Å². The summed E-state index contributed by atoms with van der Waals surface area (Å²) in [5.41, 5.74) is 1.03. The van der Waals surface area contributed by atoms with Crippen LogP contribution in [0.2, 0.25) is 5.02 Å². The second-order valence-electron chi connectivity index (χ2n) is 5.62. The van der Waals surface area contributed by atoms with Gasteiger partial charge in [-0.15, -0.1) is 0 Å². The minimum Gasteiger partial charge on any atom is -0.394 e. The molecule has 1 atom stereocenters. The van der Waals surface area contributed by atoms with E-state index < -0.39 is 0 Å². The van der Waals surface area contributed by atoms with Gasteiger partial charge >= 0.3 is 0 Å². The van der Waals surface area contributed by atoms with Crippen molar-refractivity contribution in [3.8, 4) is 5.82 Å². The lowest BCUT2D eigenvalue weighted by Crippen LogP contribution is -2.21. The highest BCUT2D eigenvalue weighted by molar-refractivity contribution is 6.30. The summed E-state index contributed by atoms with van der Waals surface area (Å²) in [5.74, 6) is 1.77. The van der Waals surface area contributed by atoms with Gasteiger partial charge in [0.2, 0.25) is 5.95 Å². The summed E-state index contributed by atoms with van der Waals surface area (Å²) < 4.78 is 1.79. The third kappa shape index (κ3) is 4.68. The molecule has 0 saturated carbocycles. The molecule has 0 unspecified atom stereocenters. The van der Waals surface area contributed by atoms with Gasteiger partial charge in [0.25, 0.3) is 0 Å². The van der Waals surface area contributed by atoms with E-state index in [1.165, 1.54) is 0 Å². The molecule has 25 heavy (non-hydrogen) atoms. The number of hydrogen-bond acceptors (Lipinski definition) is 6. The van der Waals surface area contributed by atoms with Crippen LogP contribution in [0.5, 0.6) is 0 Å². The lowest BCUT2D eigenvalue weighted by Gasteiger charge is -2.14. The van der Waals surface area contributed by atoms with E-state index in [1.807, 2.05) is 37.4 Å². The van der Waals surface area contributed by atoms with Crippen LogP contribution in [0, 0.1) is 0 Å². The maximum Gasteiger partial charge on any atom is 0.226 e. The van der Waals surface area contributed by atoms with Gasteiger partial charge in [-0.25, -0.2) is 4.98 Å². The largest absolute Gasteiger partial charge is 0.394 e. The Morgan fingerprint density at radius 3 is 2.88 bits per heavy atom. The van der Waals surface area contributed by atoms with Crippen molar-refractivity contribution in [1.29, 1.82) is 0 Å². The third-order valence-electron chi connectivity index (χ3n) is 3.49. The Kier molecular flexibility index (Phi) is 5.47. The molecule has 3 rings (SSSR count). The highest BCUT2D eigenvalue weighted by Crippen LogP contribution is 2.16. The van der Waals surface area contributed by atoms with Crippen molar-refractivity contribution >= 4 is 23.4 Å². The van der Waals surface area contributed by atoms with Crippen molar-refractivity contribution < 1.29 is 5.11 Å². The van der Waals surface area contributed by atoms with Crippen LogP contribution in [0.1, 0.15) is 12.5 Å². The number of aliphatic hydroxyl groups is 1. The molecule has 0 saturated heterocycles. The van der Waals surface area contributed by atoms with Gasteiger partial charge in [0, 0.05) is 36.1 Å². The van der Waals surface area contributed by atoms with E-state index in [2.05, 4.69) is 25.6 Å². The molecule has 8 heteroatoms. The molecule has 0 amide bonds. The highest BCUT2D eigenvalue weighted by atomic mass is 35.5. The normalized spacial score (nSPS) is 12.0. The summed E-state index contributed by atoms with van der Waals surface area (Å²) in [6.07, 6.45) is 5.16. The number of rotatable bonds is 7. The molecule has 0 aliphatic rings. The number of aromatic nitrogens is 4. The minimum atomic E-state index is -0.119. The monoisotopic (exact) mass is 358 g/mol. The predicted octanol–water partition coefficient (Wildman–Crippen LogP) is 2.72. The van der Waals surface area contributed by atoms with Gasteiger partial charge in [0.1, 0.15) is 18.0 Å². The molecular weight excluding hydrogens is 340 g/mol. The average molecular weight is 359 g/mol. The zero-order valence-electron chi connectivity index (χ0n) is 13.7. The molecule has 7 nitrogen and oxygen atoms in total. The topological polar surface area (TPSA) is 87.9 Å². The summed E-state index contributed by atoms with van der Waals surface area (Å²) in [4.78, 5) is 13.0. The maximum absolute atomic E-state index is 9.25. The van der Waals surface area contributed by atoms with Crippen LogP contribution in [-0.2, 0) is 6.54 Å². The molecule has 3 aromatic rings. The average Bonchev–Trinajstić information content (AvgIpc) is 3.14. The second kappa shape index (κ2) is 7.96. The number of anilines is 2. The van der Waals surface area contributed by atoms with Crippen molar-refractivity contribution in [2.75, 3.05) is 17.2 Å². The van der Waals surface area contributed by atoms with Crippen molar-refractivity contribution in [2.24, 2.45) is 0 Å². The Hall–Kier alpha value is -2.64. The SMILES string of the molecule is C[C@H](CO)Nc1cc(-n2ccnc2)nc(NCc2cccc(Cl)c2)n1. The summed E-state index contributed by atoms with van der Waals surface area (Å²) in [6.45, 7) is 2.43. The fourth-order valence-corrected chi connectivity index (χ4v) is 2.45. The van der Waals surface area contributed by atoms with E-state index in [0.29, 0.717) is 29.2 Å². The molecule has 0 radical (unpaired) electrons. The van der Waals surface area contributed by atoms with Crippen LogP contribution < -0.4 is 10.6 Å². The van der Waals surface area contributed by atoms with Gasteiger partial charge in [-0.05, 0) is 24.6 Å². The fraction of sp³-hybridized carbons (Fsp3) is 0.235. The molecule has 3 N–H and O–H groups in total. The van der Waals surface area contributed by atoms with Crippen LogP contribution in [0.25, 0.3) is 5.82 Å². The third-order valence-corrected chi connectivity index (χ3v) is 3.72. The summed E-state index contributed by atoms with van der Waals surface area (Å²) in [5, 5.41) is 16.3. The maximum atomic E-state index is 9.25. The van der Waals surface area contributed by atoms with Gasteiger partial charge in [0.05, 0.1) is 6.61 Å². The highest BCUT2D eigenvalue weighted by Gasteiger charge is 2.09. The van der Waals surface area contributed by atoms with Crippen molar-refractivity contribution in [3.63, 3.8) is 0 Å². The zero-order valence-corrected chi connectivity index (χ0v) is 14.5. The van der Waals surface area contributed by atoms with E-state index >= 15 is 0 Å². The summed E-state index contributed by atoms with van der Waals surface area (Å²) >= 11 is 6.01. The van der Waals surface area contributed by atoms with E-state index in [9.17, 15) is 5.11 Å². The fourth-order valence-electron chi connectivity index (χ4n) is 2.24. The zero-order chi connectivity index (χ0) is 17.6. The molecule has 1 aromatic carbocycles. The number of imidazole rings is 1. The first kappa shape index (κ1) is 17.2. The van der Waals surface area contributed by atoms with Gasteiger partial charge in [-0.3, -0.25) is 4.57 Å². The number of aliphatic hydroxyl groups excluding tert-OH is 1. The first-order valence-electron chi connectivity index (χ1n) is 7.87. The minimum absolute atomic E-state index is 0.00961. The number of halogens is 1. The Balaban J connectivity index is 1.83. The first-order chi connectivity index (χ1) is 12.1. The van der Waals surface area contributed by atoms with Gasteiger partial charge in [-0.2, -0.15) is 9.97 Å². The first-order valence-corrected chi connectivity index (χ1v) is 8.25. The molecule has 0 aliphatic heterocycles. The van der Waals surface area contributed by atoms with Crippen LogP contribution in [0.4, 0.5) is 11.8 Å². The molecule has 2 aromatic heterocycles. The predicted molar refractivity (Wildman–Crippen MR) is 98.1 cm³/mol. The Morgan fingerprint density at radius 1 is 1.28 bits per heavy atom. The van der Waals surface area contributed by atoms with E-state index in [1.54, 1.807) is 23.2 Å². The molecular formula is C17H19ClN6O. The number of benzene rings is 1.